The molecular formula is C16H29N5O3. The summed E-state index contributed by atoms with van der Waals surface area (Å²) in [6.07, 6.45) is 2.54. The minimum Gasteiger partial charge on any atom is -0.460 e. The topological polar surface area (TPSA) is 106 Å². The molecule has 24 heavy (non-hydrogen) atoms. The number of carbonyl (C=O) groups is 1. The number of oxime groups is 1. The van der Waals surface area contributed by atoms with Crippen molar-refractivity contribution in [2.45, 2.75) is 65.6 Å². The SMILES string of the molecule is CC(C)n1nccc1CN(CCCC(=O)OC(C)(C)C)/C(N)=N/O. The van der Waals surface area contributed by atoms with Crippen LogP contribution in [-0.4, -0.2) is 44.0 Å². The molecular weight excluding hydrogens is 310 g/mol. The molecule has 0 amide bonds. The number of guanidine groups is 1. The molecule has 0 bridgehead atoms. The van der Waals surface area contributed by atoms with E-state index in [0.717, 1.165) is 5.69 Å². The molecule has 1 aromatic rings. The number of ether oxygens (including phenoxy) is 1. The van der Waals surface area contributed by atoms with Crippen molar-refractivity contribution in [1.29, 1.82) is 0 Å². The zero-order valence-corrected chi connectivity index (χ0v) is 15.2. The normalized spacial score (nSPS) is 12.5. The van der Waals surface area contributed by atoms with Gasteiger partial charge in [0.25, 0.3) is 0 Å². The van der Waals surface area contributed by atoms with E-state index in [1.165, 1.54) is 0 Å². The molecule has 0 saturated heterocycles. The van der Waals surface area contributed by atoms with Crippen LogP contribution in [0.5, 0.6) is 0 Å². The summed E-state index contributed by atoms with van der Waals surface area (Å²) in [5.74, 6) is -0.245. The van der Waals surface area contributed by atoms with Gasteiger partial charge in [0.1, 0.15) is 5.60 Å². The Balaban J connectivity index is 2.64. The molecule has 1 rings (SSSR count). The van der Waals surface area contributed by atoms with Gasteiger partial charge in [-0.05, 0) is 47.1 Å². The zero-order chi connectivity index (χ0) is 18.3. The third kappa shape index (κ3) is 6.47. The number of nitrogens with two attached hydrogens (primary N) is 1. The molecule has 1 heterocycles. The van der Waals surface area contributed by atoms with Crippen molar-refractivity contribution in [3.05, 3.63) is 18.0 Å². The van der Waals surface area contributed by atoms with Crippen molar-refractivity contribution in [3.8, 4) is 0 Å². The molecule has 0 radical (unpaired) electrons. The summed E-state index contributed by atoms with van der Waals surface area (Å²) in [6, 6.07) is 2.11. The van der Waals surface area contributed by atoms with Gasteiger partial charge in [-0.3, -0.25) is 9.48 Å². The molecule has 0 fully saturated rings. The molecule has 8 heteroatoms. The van der Waals surface area contributed by atoms with Crippen molar-refractivity contribution in [3.63, 3.8) is 0 Å². The van der Waals surface area contributed by atoms with Crippen LogP contribution in [0.25, 0.3) is 0 Å². The van der Waals surface area contributed by atoms with Crippen LogP contribution in [0.3, 0.4) is 0 Å². The first-order valence-electron chi connectivity index (χ1n) is 8.10. The Morgan fingerprint density at radius 3 is 2.71 bits per heavy atom. The number of aromatic nitrogens is 2. The fraction of sp³-hybridized carbons (Fsp3) is 0.688. The van der Waals surface area contributed by atoms with Crippen LogP contribution in [0.4, 0.5) is 0 Å². The molecule has 0 aliphatic heterocycles. The lowest BCUT2D eigenvalue weighted by Gasteiger charge is -2.24. The lowest BCUT2D eigenvalue weighted by molar-refractivity contribution is -0.154. The number of hydrogen-bond acceptors (Lipinski definition) is 5. The first-order chi connectivity index (χ1) is 11.1. The van der Waals surface area contributed by atoms with Crippen LogP contribution in [-0.2, 0) is 16.1 Å². The third-order valence-corrected chi connectivity index (χ3v) is 3.25. The number of esters is 1. The van der Waals surface area contributed by atoms with E-state index in [-0.39, 0.29) is 24.4 Å². The molecule has 0 unspecified atom stereocenters. The number of nitrogens with zero attached hydrogens (tertiary/aromatic N) is 4. The maximum atomic E-state index is 11.8. The Morgan fingerprint density at radius 2 is 2.17 bits per heavy atom. The molecule has 1 aromatic heterocycles. The summed E-state index contributed by atoms with van der Waals surface area (Å²) in [4.78, 5) is 13.5. The van der Waals surface area contributed by atoms with Crippen LogP contribution in [0, 0.1) is 0 Å². The second-order valence-electron chi connectivity index (χ2n) is 6.93. The summed E-state index contributed by atoms with van der Waals surface area (Å²) in [7, 11) is 0. The van der Waals surface area contributed by atoms with Crippen LogP contribution in [0.1, 0.15) is 59.2 Å². The van der Waals surface area contributed by atoms with Gasteiger partial charge in [0, 0.05) is 25.2 Å². The summed E-state index contributed by atoms with van der Waals surface area (Å²) >= 11 is 0. The second kappa shape index (κ2) is 8.56. The summed E-state index contributed by atoms with van der Waals surface area (Å²) in [5, 5.41) is 16.3. The minimum absolute atomic E-state index is 0.00990. The second-order valence-corrected chi connectivity index (χ2v) is 6.93. The standard InChI is InChI=1S/C16H29N5O3/c1-12(2)21-13(8-9-18-21)11-20(15(17)19-23)10-6-7-14(22)24-16(3,4)5/h8-9,12,23H,6-7,10-11H2,1-5H3,(H2,17,19). The van der Waals surface area contributed by atoms with Crippen molar-refractivity contribution in [2.75, 3.05) is 6.54 Å². The van der Waals surface area contributed by atoms with E-state index in [4.69, 9.17) is 15.7 Å². The fourth-order valence-electron chi connectivity index (χ4n) is 2.27. The van der Waals surface area contributed by atoms with Gasteiger partial charge in [0.05, 0.1) is 12.2 Å². The van der Waals surface area contributed by atoms with Gasteiger partial charge >= 0.3 is 5.97 Å². The van der Waals surface area contributed by atoms with Gasteiger partial charge in [-0.1, -0.05) is 5.16 Å². The first-order valence-corrected chi connectivity index (χ1v) is 8.10. The molecule has 8 nitrogen and oxygen atoms in total. The van der Waals surface area contributed by atoms with Crippen molar-refractivity contribution >= 4 is 11.9 Å². The molecule has 0 aromatic carbocycles. The van der Waals surface area contributed by atoms with Gasteiger partial charge in [0.2, 0.25) is 5.96 Å². The summed E-state index contributed by atoms with van der Waals surface area (Å²) in [6.45, 7) is 10.5. The molecule has 3 N–H and O–H groups in total. The van der Waals surface area contributed by atoms with Crippen molar-refractivity contribution in [1.82, 2.24) is 14.7 Å². The molecule has 0 spiro atoms. The molecule has 0 saturated carbocycles. The van der Waals surface area contributed by atoms with Crippen LogP contribution >= 0.6 is 0 Å². The van der Waals surface area contributed by atoms with Gasteiger partial charge < -0.3 is 20.6 Å². The van der Waals surface area contributed by atoms with E-state index in [9.17, 15) is 4.79 Å². The average Bonchev–Trinajstić information content (AvgIpc) is 2.91. The Kier molecular flexibility index (Phi) is 7.06. The number of rotatable bonds is 7. The molecule has 0 aliphatic rings. The lowest BCUT2D eigenvalue weighted by Crippen LogP contribution is -2.38. The van der Waals surface area contributed by atoms with E-state index < -0.39 is 5.60 Å². The fourth-order valence-corrected chi connectivity index (χ4v) is 2.27. The van der Waals surface area contributed by atoms with Crippen LogP contribution in [0.2, 0.25) is 0 Å². The minimum atomic E-state index is -0.494. The van der Waals surface area contributed by atoms with Crippen LogP contribution < -0.4 is 5.73 Å². The van der Waals surface area contributed by atoms with Gasteiger partial charge in [0.15, 0.2) is 0 Å². The monoisotopic (exact) mass is 339 g/mol. The van der Waals surface area contributed by atoms with E-state index in [0.29, 0.717) is 19.5 Å². The smallest absolute Gasteiger partial charge is 0.306 e. The Morgan fingerprint density at radius 1 is 1.50 bits per heavy atom. The maximum absolute atomic E-state index is 11.8. The van der Waals surface area contributed by atoms with Gasteiger partial charge in [-0.15, -0.1) is 0 Å². The van der Waals surface area contributed by atoms with E-state index in [2.05, 4.69) is 10.3 Å². The summed E-state index contributed by atoms with van der Waals surface area (Å²) < 4.78 is 7.16. The molecule has 0 aliphatic carbocycles. The van der Waals surface area contributed by atoms with Gasteiger partial charge in [-0.25, -0.2) is 0 Å². The van der Waals surface area contributed by atoms with E-state index in [1.54, 1.807) is 11.1 Å². The molecule has 136 valence electrons. The third-order valence-electron chi connectivity index (χ3n) is 3.25. The van der Waals surface area contributed by atoms with Crippen LogP contribution in [0.15, 0.2) is 17.4 Å². The van der Waals surface area contributed by atoms with Crippen molar-refractivity contribution < 1.29 is 14.7 Å². The first kappa shape index (κ1) is 19.8. The predicted octanol–water partition coefficient (Wildman–Crippen LogP) is 2.09. The Bertz CT molecular complexity index is 560. The summed E-state index contributed by atoms with van der Waals surface area (Å²) in [5.41, 5.74) is 6.22. The molecule has 0 atom stereocenters. The quantitative estimate of drug-likeness (QED) is 0.259. The van der Waals surface area contributed by atoms with E-state index in [1.807, 2.05) is 45.4 Å². The predicted molar refractivity (Wildman–Crippen MR) is 91.5 cm³/mol. The highest BCUT2D eigenvalue weighted by Crippen LogP contribution is 2.13. The van der Waals surface area contributed by atoms with Gasteiger partial charge in [-0.2, -0.15) is 5.10 Å². The van der Waals surface area contributed by atoms with Crippen molar-refractivity contribution in [2.24, 2.45) is 10.9 Å². The highest BCUT2D eigenvalue weighted by atomic mass is 16.6. The van der Waals surface area contributed by atoms with E-state index >= 15 is 0 Å². The lowest BCUT2D eigenvalue weighted by atomic mass is 10.2. The highest BCUT2D eigenvalue weighted by molar-refractivity contribution is 5.77. The average molecular weight is 339 g/mol. The largest absolute Gasteiger partial charge is 0.460 e. The highest BCUT2D eigenvalue weighted by Gasteiger charge is 2.18. The Hall–Kier alpha value is -2.25. The number of carbonyl (C=O) groups excluding carboxylic acids is 1. The maximum Gasteiger partial charge on any atom is 0.306 e. The number of hydrogen-bond donors (Lipinski definition) is 2. The zero-order valence-electron chi connectivity index (χ0n) is 15.2. The Labute approximate surface area is 143 Å².